The van der Waals surface area contributed by atoms with Gasteiger partial charge in [-0.2, -0.15) is 0 Å². The average Bonchev–Trinajstić information content (AvgIpc) is 3.08. The zero-order valence-corrected chi connectivity index (χ0v) is 16.9. The molecule has 0 spiro atoms. The molecule has 1 aliphatic carbocycles. The quantitative estimate of drug-likeness (QED) is 0.508. The number of aromatic nitrogens is 2. The van der Waals surface area contributed by atoms with Crippen LogP contribution < -0.4 is 4.57 Å². The summed E-state index contributed by atoms with van der Waals surface area (Å²) in [4.78, 5) is 0. The molecular weight excluding hydrogens is 316 g/mol. The van der Waals surface area contributed by atoms with E-state index in [1.165, 1.54) is 50.6 Å². The first-order valence-corrected chi connectivity index (χ1v) is 9.55. The number of imidazole rings is 1. The molecule has 0 N–H and O–H groups in total. The Labute approximate surface area is 156 Å². The Kier molecular flexibility index (Phi) is 2.74. The average molecular weight is 343 g/mol. The second-order valence-electron chi connectivity index (χ2n) is 9.05. The summed E-state index contributed by atoms with van der Waals surface area (Å²) in [7, 11) is 2.18. The molecule has 0 amide bonds. The molecule has 1 aromatic heterocycles. The van der Waals surface area contributed by atoms with Gasteiger partial charge in [-0.1, -0.05) is 38.1 Å². The number of rotatable bonds is 0. The van der Waals surface area contributed by atoms with Crippen molar-refractivity contribution in [3.05, 3.63) is 64.6 Å². The number of hydrogen-bond acceptors (Lipinski definition) is 0. The van der Waals surface area contributed by atoms with Crippen LogP contribution in [0, 0.1) is 13.8 Å². The van der Waals surface area contributed by atoms with Gasteiger partial charge in [0.15, 0.2) is 5.69 Å². The third-order valence-corrected chi connectivity index (χ3v) is 7.07. The van der Waals surface area contributed by atoms with Gasteiger partial charge in [0.05, 0.1) is 7.05 Å². The van der Waals surface area contributed by atoms with E-state index in [-0.39, 0.29) is 11.0 Å². The summed E-state index contributed by atoms with van der Waals surface area (Å²) in [6, 6.07) is 13.9. The van der Waals surface area contributed by atoms with E-state index >= 15 is 0 Å². The van der Waals surface area contributed by atoms with Crippen LogP contribution in [0.25, 0.3) is 22.4 Å². The molecule has 1 aliphatic heterocycles. The van der Waals surface area contributed by atoms with Gasteiger partial charge in [-0.05, 0) is 48.2 Å². The van der Waals surface area contributed by atoms with Crippen LogP contribution in [0.5, 0.6) is 0 Å². The molecular formula is C24H27N2+. The van der Waals surface area contributed by atoms with Gasteiger partial charge in [-0.25, -0.2) is 9.13 Å². The first-order valence-electron chi connectivity index (χ1n) is 9.55. The fourth-order valence-corrected chi connectivity index (χ4v) is 5.44. The number of benzene rings is 2. The Morgan fingerprint density at radius 2 is 1.46 bits per heavy atom. The molecule has 0 atom stereocenters. The third kappa shape index (κ3) is 1.57. The van der Waals surface area contributed by atoms with Crippen molar-refractivity contribution in [3.63, 3.8) is 0 Å². The second kappa shape index (κ2) is 4.49. The van der Waals surface area contributed by atoms with Gasteiger partial charge >= 0.3 is 0 Å². The Hall–Kier alpha value is -2.35. The first kappa shape index (κ1) is 15.9. The molecule has 3 aromatic rings. The van der Waals surface area contributed by atoms with Crippen molar-refractivity contribution in [2.24, 2.45) is 7.05 Å². The Morgan fingerprint density at radius 3 is 2.19 bits per heavy atom. The predicted molar refractivity (Wildman–Crippen MR) is 107 cm³/mol. The summed E-state index contributed by atoms with van der Waals surface area (Å²) >= 11 is 0. The van der Waals surface area contributed by atoms with Crippen LogP contribution in [-0.4, -0.2) is 4.57 Å². The number of hydrogen-bond donors (Lipinski definition) is 0. The van der Waals surface area contributed by atoms with Crippen LogP contribution in [-0.2, 0) is 18.0 Å². The van der Waals surface area contributed by atoms with Crippen molar-refractivity contribution in [3.8, 4) is 22.4 Å². The van der Waals surface area contributed by atoms with Crippen molar-refractivity contribution in [1.29, 1.82) is 0 Å². The van der Waals surface area contributed by atoms with Crippen molar-refractivity contribution in [2.45, 2.75) is 52.5 Å². The van der Waals surface area contributed by atoms with E-state index in [2.05, 4.69) is 94.1 Å². The molecule has 2 aromatic carbocycles. The molecule has 0 radical (unpaired) electrons. The van der Waals surface area contributed by atoms with Crippen molar-refractivity contribution in [2.75, 3.05) is 0 Å². The second-order valence-corrected chi connectivity index (χ2v) is 9.05. The summed E-state index contributed by atoms with van der Waals surface area (Å²) in [5, 5.41) is 0. The SMILES string of the molecule is Cc1c2[n+](c(C)n1C)C(C)(C)c1cc3c(cc1-2)C(C)(C)c1ccccc1-3. The van der Waals surface area contributed by atoms with Crippen molar-refractivity contribution < 1.29 is 4.57 Å². The summed E-state index contributed by atoms with van der Waals surface area (Å²) in [5.74, 6) is 1.32. The Bertz CT molecular complexity index is 1110. The van der Waals surface area contributed by atoms with Crippen LogP contribution in [0.2, 0.25) is 0 Å². The van der Waals surface area contributed by atoms with E-state index in [0.717, 1.165) is 0 Å². The van der Waals surface area contributed by atoms with Crippen LogP contribution in [0.3, 0.4) is 0 Å². The van der Waals surface area contributed by atoms with Gasteiger partial charge < -0.3 is 0 Å². The lowest BCUT2D eigenvalue weighted by atomic mass is 9.80. The van der Waals surface area contributed by atoms with Gasteiger partial charge in [0.2, 0.25) is 0 Å². The van der Waals surface area contributed by atoms with Crippen LogP contribution in [0.4, 0.5) is 0 Å². The van der Waals surface area contributed by atoms with E-state index in [4.69, 9.17) is 0 Å². The fourth-order valence-electron chi connectivity index (χ4n) is 5.44. The van der Waals surface area contributed by atoms with E-state index in [1.807, 2.05) is 0 Å². The van der Waals surface area contributed by atoms with Gasteiger partial charge in [0, 0.05) is 30.4 Å². The highest BCUT2D eigenvalue weighted by molar-refractivity contribution is 5.85. The molecule has 0 saturated carbocycles. The van der Waals surface area contributed by atoms with Crippen molar-refractivity contribution >= 4 is 0 Å². The minimum atomic E-state index is -0.0303. The van der Waals surface area contributed by atoms with Crippen molar-refractivity contribution in [1.82, 2.24) is 4.57 Å². The highest BCUT2D eigenvalue weighted by atomic mass is 15.2. The zero-order chi connectivity index (χ0) is 18.6. The maximum atomic E-state index is 2.53. The van der Waals surface area contributed by atoms with E-state index in [9.17, 15) is 0 Å². The van der Waals surface area contributed by atoms with Gasteiger partial charge in [0.1, 0.15) is 11.2 Å². The molecule has 132 valence electrons. The van der Waals surface area contributed by atoms with E-state index in [1.54, 1.807) is 0 Å². The summed E-state index contributed by atoms with van der Waals surface area (Å²) < 4.78 is 4.86. The van der Waals surface area contributed by atoms with Gasteiger partial charge in [-0.15, -0.1) is 0 Å². The largest absolute Gasteiger partial charge is 0.254 e. The lowest BCUT2D eigenvalue weighted by Gasteiger charge is -2.23. The normalized spacial score (nSPS) is 17.7. The van der Waals surface area contributed by atoms with Crippen LogP contribution >= 0.6 is 0 Å². The Morgan fingerprint density at radius 1 is 0.808 bits per heavy atom. The highest BCUT2D eigenvalue weighted by Gasteiger charge is 2.47. The standard InChI is InChI=1S/C24H27N2/c1-14-22-18-13-20-17(16-10-8-9-11-19(16)23(20,3)4)12-21(18)24(5,6)26(22)15(2)25(14)7/h8-13H,1-7H3/q+1. The zero-order valence-electron chi connectivity index (χ0n) is 16.9. The smallest absolute Gasteiger partial charge is 0.234 e. The lowest BCUT2D eigenvalue weighted by Crippen LogP contribution is -2.52. The molecule has 5 rings (SSSR count). The van der Waals surface area contributed by atoms with Crippen LogP contribution in [0.15, 0.2) is 36.4 Å². The monoisotopic (exact) mass is 343 g/mol. The first-order chi connectivity index (χ1) is 12.2. The maximum absolute atomic E-state index is 2.53. The predicted octanol–water partition coefficient (Wildman–Crippen LogP) is 5.00. The molecule has 26 heavy (non-hydrogen) atoms. The van der Waals surface area contributed by atoms with Gasteiger partial charge in [0.25, 0.3) is 5.82 Å². The molecule has 0 bridgehead atoms. The van der Waals surface area contributed by atoms with Gasteiger partial charge in [-0.3, -0.25) is 0 Å². The van der Waals surface area contributed by atoms with E-state index < -0.39 is 0 Å². The third-order valence-electron chi connectivity index (χ3n) is 7.07. The minimum absolute atomic E-state index is 0.0303. The molecule has 2 nitrogen and oxygen atoms in total. The number of nitrogens with zero attached hydrogens (tertiary/aromatic N) is 2. The lowest BCUT2D eigenvalue weighted by molar-refractivity contribution is -0.737. The Balaban J connectivity index is 1.89. The molecule has 2 heteroatoms. The topological polar surface area (TPSA) is 8.81 Å². The fraction of sp³-hybridized carbons (Fsp3) is 0.375. The summed E-state index contributed by atoms with van der Waals surface area (Å²) in [6.07, 6.45) is 0. The molecule has 0 fully saturated rings. The maximum Gasteiger partial charge on any atom is 0.254 e. The number of fused-ring (bicyclic) bond motifs is 6. The summed E-state index contributed by atoms with van der Waals surface area (Å²) in [6.45, 7) is 13.9. The van der Waals surface area contributed by atoms with Crippen LogP contribution in [0.1, 0.15) is 55.9 Å². The summed E-state index contributed by atoms with van der Waals surface area (Å²) in [5.41, 5.74) is 11.4. The highest BCUT2D eigenvalue weighted by Crippen LogP contribution is 2.52. The molecule has 0 saturated heterocycles. The molecule has 0 unspecified atom stereocenters. The molecule has 2 heterocycles. The van der Waals surface area contributed by atoms with E-state index in [0.29, 0.717) is 0 Å². The minimum Gasteiger partial charge on any atom is -0.234 e. The molecule has 2 aliphatic rings.